The quantitative estimate of drug-likeness (QED) is 0.551. The lowest BCUT2D eigenvalue weighted by molar-refractivity contribution is -0.137. The number of hydrogen-bond acceptors (Lipinski definition) is 7. The molecule has 7 nitrogen and oxygen atoms in total. The standard InChI is InChI=1S/C22H24F3N5O2/c1-11(14-6-15(22(23,24)25)8-16(26)7-14)27-19-18-9-17(13-4-5-32-10-13)21(31-3)30-20(18)29-12(2)28-19/h6-9,11,13H,4-5,10,26H2,1-3H3,(H,27,28,29,30)/t11-,13?/m1/s1. The van der Waals surface area contributed by atoms with Crippen molar-refractivity contribution < 1.29 is 22.6 Å². The molecule has 1 aliphatic rings. The maximum atomic E-state index is 13.2. The van der Waals surface area contributed by atoms with Crippen molar-refractivity contribution in [2.45, 2.75) is 38.4 Å². The van der Waals surface area contributed by atoms with Crippen LogP contribution in [0.25, 0.3) is 11.0 Å². The number of aromatic nitrogens is 3. The molecule has 0 saturated carbocycles. The number of nitrogens with two attached hydrogens (primary N) is 1. The predicted molar refractivity (Wildman–Crippen MR) is 115 cm³/mol. The zero-order valence-electron chi connectivity index (χ0n) is 18.0. The van der Waals surface area contributed by atoms with Crippen LogP contribution >= 0.6 is 0 Å². The summed E-state index contributed by atoms with van der Waals surface area (Å²) in [6.45, 7) is 4.71. The van der Waals surface area contributed by atoms with Gasteiger partial charge in [0, 0.05) is 23.8 Å². The molecular formula is C22H24F3N5O2. The molecule has 1 aliphatic heterocycles. The van der Waals surface area contributed by atoms with E-state index in [1.54, 1.807) is 21.0 Å². The fourth-order valence-electron chi connectivity index (χ4n) is 3.89. The van der Waals surface area contributed by atoms with Gasteiger partial charge in [0.15, 0.2) is 5.65 Å². The van der Waals surface area contributed by atoms with Crippen LogP contribution in [0.5, 0.6) is 5.88 Å². The van der Waals surface area contributed by atoms with E-state index in [0.717, 1.165) is 24.1 Å². The number of nitrogen functional groups attached to an aromatic ring is 1. The van der Waals surface area contributed by atoms with E-state index in [1.807, 2.05) is 6.07 Å². The molecule has 32 heavy (non-hydrogen) atoms. The van der Waals surface area contributed by atoms with Crippen molar-refractivity contribution in [1.82, 2.24) is 15.0 Å². The van der Waals surface area contributed by atoms with Crippen LogP contribution in [0.3, 0.4) is 0 Å². The molecule has 0 bridgehead atoms. The summed E-state index contributed by atoms with van der Waals surface area (Å²) in [5.41, 5.74) is 6.71. The van der Waals surface area contributed by atoms with Gasteiger partial charge in [0.25, 0.3) is 0 Å². The second kappa shape index (κ2) is 8.42. The van der Waals surface area contributed by atoms with Crippen molar-refractivity contribution in [2.75, 3.05) is 31.4 Å². The van der Waals surface area contributed by atoms with E-state index in [-0.39, 0.29) is 11.6 Å². The number of nitrogens with one attached hydrogen (secondary N) is 1. The van der Waals surface area contributed by atoms with E-state index in [1.165, 1.54) is 6.07 Å². The average Bonchev–Trinajstić information content (AvgIpc) is 3.26. The second-order valence-corrected chi connectivity index (χ2v) is 7.89. The summed E-state index contributed by atoms with van der Waals surface area (Å²) in [5, 5.41) is 3.87. The summed E-state index contributed by atoms with van der Waals surface area (Å²) in [4.78, 5) is 13.5. The van der Waals surface area contributed by atoms with Crippen LogP contribution in [0, 0.1) is 6.92 Å². The SMILES string of the molecule is COc1nc2nc(C)nc(N[C@H](C)c3cc(N)cc(C(F)(F)F)c3)c2cc1C1CCOC1. The molecule has 2 atom stereocenters. The molecule has 3 N–H and O–H groups in total. The van der Waals surface area contributed by atoms with E-state index >= 15 is 0 Å². The Hall–Kier alpha value is -3.14. The van der Waals surface area contributed by atoms with Crippen molar-refractivity contribution in [1.29, 1.82) is 0 Å². The number of fused-ring (bicyclic) bond motifs is 1. The van der Waals surface area contributed by atoms with Gasteiger partial charge in [-0.15, -0.1) is 0 Å². The van der Waals surface area contributed by atoms with E-state index in [9.17, 15) is 13.2 Å². The number of anilines is 2. The van der Waals surface area contributed by atoms with Crippen LogP contribution in [0.4, 0.5) is 24.7 Å². The molecule has 2 aromatic heterocycles. The number of halogens is 3. The number of pyridine rings is 1. The molecule has 3 heterocycles. The minimum atomic E-state index is -4.49. The zero-order valence-corrected chi connectivity index (χ0v) is 18.0. The Bertz CT molecular complexity index is 1150. The summed E-state index contributed by atoms with van der Waals surface area (Å²) in [6.07, 6.45) is -3.64. The summed E-state index contributed by atoms with van der Waals surface area (Å²) in [6, 6.07) is 4.96. The number of aryl methyl sites for hydroxylation is 1. The first-order valence-corrected chi connectivity index (χ1v) is 10.2. The lowest BCUT2D eigenvalue weighted by atomic mass is 9.98. The highest BCUT2D eigenvalue weighted by Gasteiger charge is 2.31. The van der Waals surface area contributed by atoms with Crippen LogP contribution in [-0.4, -0.2) is 35.3 Å². The van der Waals surface area contributed by atoms with E-state index < -0.39 is 17.8 Å². The van der Waals surface area contributed by atoms with Gasteiger partial charge in [-0.3, -0.25) is 0 Å². The van der Waals surface area contributed by atoms with E-state index in [2.05, 4.69) is 20.3 Å². The molecule has 1 unspecified atom stereocenters. The number of methoxy groups -OCH3 is 1. The first-order chi connectivity index (χ1) is 15.2. The lowest BCUT2D eigenvalue weighted by Crippen LogP contribution is -2.13. The molecule has 1 fully saturated rings. The minimum absolute atomic E-state index is 0.0436. The lowest BCUT2D eigenvalue weighted by Gasteiger charge is -2.20. The highest BCUT2D eigenvalue weighted by Crippen LogP contribution is 2.36. The number of benzene rings is 1. The fourth-order valence-corrected chi connectivity index (χ4v) is 3.89. The van der Waals surface area contributed by atoms with Crippen LogP contribution < -0.4 is 15.8 Å². The van der Waals surface area contributed by atoms with Gasteiger partial charge in [0.2, 0.25) is 5.88 Å². The molecule has 170 valence electrons. The first-order valence-electron chi connectivity index (χ1n) is 10.2. The molecule has 0 aliphatic carbocycles. The van der Waals surface area contributed by atoms with Crippen molar-refractivity contribution in [3.63, 3.8) is 0 Å². The van der Waals surface area contributed by atoms with Crippen LogP contribution in [0.2, 0.25) is 0 Å². The molecule has 10 heteroatoms. The maximum absolute atomic E-state index is 13.2. The minimum Gasteiger partial charge on any atom is -0.481 e. The molecule has 4 rings (SSSR count). The maximum Gasteiger partial charge on any atom is 0.416 e. The molecule has 1 aromatic carbocycles. The smallest absolute Gasteiger partial charge is 0.416 e. The van der Waals surface area contributed by atoms with Crippen molar-refractivity contribution in [3.8, 4) is 5.88 Å². The highest BCUT2D eigenvalue weighted by molar-refractivity contribution is 5.88. The Morgan fingerprint density at radius 2 is 1.97 bits per heavy atom. The van der Waals surface area contributed by atoms with Gasteiger partial charge in [-0.2, -0.15) is 18.2 Å². The Balaban J connectivity index is 1.75. The summed E-state index contributed by atoms with van der Waals surface area (Å²) < 4.78 is 50.7. The number of rotatable bonds is 5. The molecule has 0 amide bonds. The highest BCUT2D eigenvalue weighted by atomic mass is 19.4. The van der Waals surface area contributed by atoms with Gasteiger partial charge in [-0.25, -0.2) is 9.97 Å². The van der Waals surface area contributed by atoms with Gasteiger partial charge in [-0.05, 0) is 50.1 Å². The number of ether oxygens (including phenoxy) is 2. The van der Waals surface area contributed by atoms with Gasteiger partial charge < -0.3 is 20.5 Å². The zero-order chi connectivity index (χ0) is 23.0. The third-order valence-corrected chi connectivity index (χ3v) is 5.51. The summed E-state index contributed by atoms with van der Waals surface area (Å²) in [7, 11) is 1.56. The normalized spacial score (nSPS) is 17.5. The summed E-state index contributed by atoms with van der Waals surface area (Å²) in [5.74, 6) is 1.57. The van der Waals surface area contributed by atoms with Crippen LogP contribution in [0.15, 0.2) is 24.3 Å². The molecule has 0 radical (unpaired) electrons. The second-order valence-electron chi connectivity index (χ2n) is 7.89. The monoisotopic (exact) mass is 447 g/mol. The van der Waals surface area contributed by atoms with Gasteiger partial charge in [0.05, 0.1) is 30.7 Å². The molecule has 0 spiro atoms. The number of nitrogens with zero attached hydrogens (tertiary/aromatic N) is 3. The van der Waals surface area contributed by atoms with Crippen LogP contribution in [0.1, 0.15) is 47.8 Å². The predicted octanol–water partition coefficient (Wildman–Crippen LogP) is 4.62. The van der Waals surface area contributed by atoms with Crippen molar-refractivity contribution in [2.24, 2.45) is 0 Å². The largest absolute Gasteiger partial charge is 0.481 e. The van der Waals surface area contributed by atoms with Gasteiger partial charge >= 0.3 is 6.18 Å². The van der Waals surface area contributed by atoms with Gasteiger partial charge in [0.1, 0.15) is 11.6 Å². The molecular weight excluding hydrogens is 423 g/mol. The Kier molecular flexibility index (Phi) is 5.81. The number of hydrogen-bond donors (Lipinski definition) is 2. The fraction of sp³-hybridized carbons (Fsp3) is 0.409. The average molecular weight is 447 g/mol. The topological polar surface area (TPSA) is 95.2 Å². The first kappa shape index (κ1) is 22.1. The van der Waals surface area contributed by atoms with Crippen molar-refractivity contribution in [3.05, 3.63) is 46.8 Å². The van der Waals surface area contributed by atoms with Gasteiger partial charge in [-0.1, -0.05) is 0 Å². The molecule has 3 aromatic rings. The Morgan fingerprint density at radius 3 is 2.62 bits per heavy atom. The molecule has 1 saturated heterocycles. The van der Waals surface area contributed by atoms with E-state index in [4.69, 9.17) is 15.2 Å². The van der Waals surface area contributed by atoms with Crippen molar-refractivity contribution >= 4 is 22.5 Å². The Labute approximate surface area is 183 Å². The Morgan fingerprint density at radius 1 is 1.19 bits per heavy atom. The third kappa shape index (κ3) is 4.40. The van der Waals surface area contributed by atoms with E-state index in [0.29, 0.717) is 47.3 Å². The third-order valence-electron chi connectivity index (χ3n) is 5.51. The van der Waals surface area contributed by atoms with Crippen LogP contribution in [-0.2, 0) is 10.9 Å². The number of alkyl halides is 3. The summed E-state index contributed by atoms with van der Waals surface area (Å²) >= 11 is 0.